The molecular weight excluding hydrogens is 380 g/mol. The highest BCUT2D eigenvalue weighted by Gasteiger charge is 2.25. The summed E-state index contributed by atoms with van der Waals surface area (Å²) < 4.78 is 11.6. The molecule has 4 rings (SSSR count). The Morgan fingerprint density at radius 2 is 1.77 bits per heavy atom. The quantitative estimate of drug-likeness (QED) is 0.686. The Kier molecular flexibility index (Phi) is 6.33. The fourth-order valence-electron chi connectivity index (χ4n) is 3.97. The zero-order valence-corrected chi connectivity index (χ0v) is 17.4. The summed E-state index contributed by atoms with van der Waals surface area (Å²) in [6.07, 6.45) is 2.19. The highest BCUT2D eigenvalue weighted by Crippen LogP contribution is 2.24. The molecule has 0 aliphatic carbocycles. The van der Waals surface area contributed by atoms with Gasteiger partial charge in [-0.05, 0) is 56.2 Å². The van der Waals surface area contributed by atoms with E-state index in [2.05, 4.69) is 4.90 Å². The number of carbonyl (C=O) groups excluding carboxylic acids is 2. The number of carbonyl (C=O) groups is 2. The van der Waals surface area contributed by atoms with Crippen LogP contribution in [0, 0.1) is 0 Å². The van der Waals surface area contributed by atoms with E-state index < -0.39 is 0 Å². The standard InChI is InChI=1S/C24H28N2O4/c1-18(27)19-8-10-20(11-9-19)25-12-14-26(15-13-25)24(28)22-6-2-3-7-23(22)30-17-21-5-4-16-29-21/h2-3,6-11,21H,4-5,12-17H2,1H3. The molecule has 6 nitrogen and oxygen atoms in total. The molecule has 0 saturated carbocycles. The predicted octanol–water partition coefficient (Wildman–Crippen LogP) is 3.41. The number of ether oxygens (including phenoxy) is 2. The first-order valence-corrected chi connectivity index (χ1v) is 10.6. The van der Waals surface area contributed by atoms with Gasteiger partial charge in [-0.15, -0.1) is 0 Å². The SMILES string of the molecule is CC(=O)c1ccc(N2CCN(C(=O)c3ccccc3OCC3CCCO3)CC2)cc1. The van der Waals surface area contributed by atoms with Gasteiger partial charge in [0, 0.05) is 44.0 Å². The molecule has 0 bridgehead atoms. The third-order valence-corrected chi connectivity index (χ3v) is 5.77. The van der Waals surface area contributed by atoms with Gasteiger partial charge in [0.25, 0.3) is 5.91 Å². The van der Waals surface area contributed by atoms with Gasteiger partial charge in [-0.3, -0.25) is 9.59 Å². The number of para-hydroxylation sites is 1. The molecule has 2 saturated heterocycles. The molecule has 1 atom stereocenters. The van der Waals surface area contributed by atoms with Crippen LogP contribution in [0.1, 0.15) is 40.5 Å². The molecule has 158 valence electrons. The average molecular weight is 408 g/mol. The minimum Gasteiger partial charge on any atom is -0.490 e. The number of piperazine rings is 1. The van der Waals surface area contributed by atoms with Crippen LogP contribution < -0.4 is 9.64 Å². The predicted molar refractivity (Wildman–Crippen MR) is 115 cm³/mol. The molecule has 6 heteroatoms. The molecule has 2 aromatic carbocycles. The van der Waals surface area contributed by atoms with Gasteiger partial charge in [-0.25, -0.2) is 0 Å². The lowest BCUT2D eigenvalue weighted by Crippen LogP contribution is -2.48. The van der Waals surface area contributed by atoms with Crippen LogP contribution in [-0.4, -0.2) is 62.1 Å². The van der Waals surface area contributed by atoms with Crippen LogP contribution in [0.4, 0.5) is 5.69 Å². The summed E-state index contributed by atoms with van der Waals surface area (Å²) in [7, 11) is 0. The first kappa shape index (κ1) is 20.4. The van der Waals surface area contributed by atoms with E-state index in [0.717, 1.165) is 38.2 Å². The van der Waals surface area contributed by atoms with Crippen molar-refractivity contribution in [2.45, 2.75) is 25.9 Å². The molecule has 2 heterocycles. The van der Waals surface area contributed by atoms with Crippen LogP contribution in [0.5, 0.6) is 5.75 Å². The lowest BCUT2D eigenvalue weighted by Gasteiger charge is -2.36. The van der Waals surface area contributed by atoms with Crippen molar-refractivity contribution < 1.29 is 19.1 Å². The molecule has 1 unspecified atom stereocenters. The Morgan fingerprint density at radius 1 is 1.03 bits per heavy atom. The number of ketones is 1. The second kappa shape index (κ2) is 9.30. The number of rotatable bonds is 6. The summed E-state index contributed by atoms with van der Waals surface area (Å²) in [4.78, 5) is 28.7. The van der Waals surface area contributed by atoms with E-state index in [1.807, 2.05) is 53.4 Å². The maximum Gasteiger partial charge on any atom is 0.257 e. The highest BCUT2D eigenvalue weighted by atomic mass is 16.5. The van der Waals surface area contributed by atoms with Crippen LogP contribution in [0.25, 0.3) is 0 Å². The molecule has 1 amide bonds. The summed E-state index contributed by atoms with van der Waals surface area (Å²) >= 11 is 0. The number of anilines is 1. The van der Waals surface area contributed by atoms with Crippen molar-refractivity contribution in [3.05, 3.63) is 59.7 Å². The van der Waals surface area contributed by atoms with Gasteiger partial charge in [-0.1, -0.05) is 12.1 Å². The first-order valence-electron chi connectivity index (χ1n) is 10.6. The maximum absolute atomic E-state index is 13.1. The van der Waals surface area contributed by atoms with Crippen molar-refractivity contribution in [1.29, 1.82) is 0 Å². The Labute approximate surface area is 177 Å². The topological polar surface area (TPSA) is 59.1 Å². The lowest BCUT2D eigenvalue weighted by atomic mass is 10.1. The largest absolute Gasteiger partial charge is 0.490 e. The van der Waals surface area contributed by atoms with Gasteiger partial charge in [0.15, 0.2) is 5.78 Å². The van der Waals surface area contributed by atoms with Crippen molar-refractivity contribution in [1.82, 2.24) is 4.90 Å². The lowest BCUT2D eigenvalue weighted by molar-refractivity contribution is 0.0648. The monoisotopic (exact) mass is 408 g/mol. The van der Waals surface area contributed by atoms with Gasteiger partial charge in [-0.2, -0.15) is 0 Å². The Hall–Kier alpha value is -2.86. The average Bonchev–Trinajstić information content (AvgIpc) is 3.31. The molecule has 30 heavy (non-hydrogen) atoms. The summed E-state index contributed by atoms with van der Waals surface area (Å²) in [5.41, 5.74) is 2.40. The van der Waals surface area contributed by atoms with Crippen LogP contribution >= 0.6 is 0 Å². The molecule has 0 N–H and O–H groups in total. The molecule has 2 aromatic rings. The molecule has 0 spiro atoms. The van der Waals surface area contributed by atoms with E-state index in [0.29, 0.717) is 36.6 Å². The van der Waals surface area contributed by atoms with Crippen molar-refractivity contribution in [3.8, 4) is 5.75 Å². The van der Waals surface area contributed by atoms with Crippen molar-refractivity contribution >= 4 is 17.4 Å². The molecule has 2 fully saturated rings. The normalized spacial score (nSPS) is 19.0. The van der Waals surface area contributed by atoms with Crippen LogP contribution in [0.15, 0.2) is 48.5 Å². The fourth-order valence-corrected chi connectivity index (χ4v) is 3.97. The third-order valence-electron chi connectivity index (χ3n) is 5.77. The van der Waals surface area contributed by atoms with E-state index in [1.54, 1.807) is 6.92 Å². The van der Waals surface area contributed by atoms with Crippen LogP contribution in [0.3, 0.4) is 0 Å². The van der Waals surface area contributed by atoms with E-state index in [-0.39, 0.29) is 17.8 Å². The summed E-state index contributed by atoms with van der Waals surface area (Å²) in [5, 5.41) is 0. The zero-order chi connectivity index (χ0) is 20.9. The second-order valence-corrected chi connectivity index (χ2v) is 7.82. The summed E-state index contributed by atoms with van der Waals surface area (Å²) in [6.45, 7) is 5.64. The molecule has 0 aromatic heterocycles. The van der Waals surface area contributed by atoms with Gasteiger partial charge in [0.2, 0.25) is 0 Å². The van der Waals surface area contributed by atoms with E-state index >= 15 is 0 Å². The summed E-state index contributed by atoms with van der Waals surface area (Å²) in [6, 6.07) is 15.1. The van der Waals surface area contributed by atoms with Crippen LogP contribution in [0.2, 0.25) is 0 Å². The first-order chi connectivity index (χ1) is 14.6. The number of nitrogens with zero attached hydrogens (tertiary/aromatic N) is 2. The van der Waals surface area contributed by atoms with Crippen LogP contribution in [-0.2, 0) is 4.74 Å². The zero-order valence-electron chi connectivity index (χ0n) is 17.4. The summed E-state index contributed by atoms with van der Waals surface area (Å²) in [5.74, 6) is 0.696. The maximum atomic E-state index is 13.1. The van der Waals surface area contributed by atoms with E-state index in [4.69, 9.17) is 9.47 Å². The van der Waals surface area contributed by atoms with Gasteiger partial charge in [0.05, 0.1) is 11.7 Å². The molecule has 2 aliphatic heterocycles. The molecular formula is C24H28N2O4. The smallest absolute Gasteiger partial charge is 0.257 e. The minimum absolute atomic E-state index is 0.00418. The van der Waals surface area contributed by atoms with E-state index in [1.165, 1.54) is 0 Å². The van der Waals surface area contributed by atoms with E-state index in [9.17, 15) is 9.59 Å². The Bertz CT molecular complexity index is 882. The van der Waals surface area contributed by atoms with Crippen molar-refractivity contribution in [2.75, 3.05) is 44.3 Å². The molecule has 2 aliphatic rings. The number of hydrogen-bond acceptors (Lipinski definition) is 5. The third kappa shape index (κ3) is 4.65. The van der Waals surface area contributed by atoms with Crippen molar-refractivity contribution in [2.24, 2.45) is 0 Å². The van der Waals surface area contributed by atoms with Gasteiger partial charge >= 0.3 is 0 Å². The number of amides is 1. The number of hydrogen-bond donors (Lipinski definition) is 0. The second-order valence-electron chi connectivity index (χ2n) is 7.82. The molecule has 0 radical (unpaired) electrons. The Morgan fingerprint density at radius 3 is 2.43 bits per heavy atom. The van der Waals surface area contributed by atoms with Crippen molar-refractivity contribution in [3.63, 3.8) is 0 Å². The van der Waals surface area contributed by atoms with Gasteiger partial charge in [0.1, 0.15) is 12.4 Å². The number of benzene rings is 2. The Balaban J connectivity index is 1.36. The minimum atomic E-state index is 0.00418. The highest BCUT2D eigenvalue weighted by molar-refractivity contribution is 5.97. The fraction of sp³-hybridized carbons (Fsp3) is 0.417. The van der Waals surface area contributed by atoms with Gasteiger partial charge < -0.3 is 19.3 Å². The number of Topliss-reactive ketones (excluding diaryl/α,β-unsaturated/α-hetero) is 1.